The van der Waals surface area contributed by atoms with Crippen LogP contribution in [0.1, 0.15) is 5.69 Å². The molecule has 2 N–H and O–H groups in total. The molecule has 2 aromatic heterocycles. The van der Waals surface area contributed by atoms with Crippen molar-refractivity contribution in [2.45, 2.75) is 6.54 Å². The molecular formula is C11H9ClN4S. The summed E-state index contributed by atoms with van der Waals surface area (Å²) in [6.07, 6.45) is 1.85. The van der Waals surface area contributed by atoms with Gasteiger partial charge in [0.05, 0.1) is 11.9 Å². The van der Waals surface area contributed by atoms with Gasteiger partial charge >= 0.3 is 0 Å². The van der Waals surface area contributed by atoms with E-state index in [2.05, 4.69) is 10.1 Å². The fraction of sp³-hybridized carbons (Fsp3) is 0.0909. The van der Waals surface area contributed by atoms with E-state index in [-0.39, 0.29) is 0 Å². The maximum absolute atomic E-state index is 5.95. The van der Waals surface area contributed by atoms with Crippen molar-refractivity contribution in [2.24, 2.45) is 5.73 Å². The summed E-state index contributed by atoms with van der Waals surface area (Å²) < 4.78 is 1.75. The molecule has 0 saturated carbocycles. The van der Waals surface area contributed by atoms with E-state index >= 15 is 0 Å². The first-order valence-corrected chi connectivity index (χ1v) is 6.27. The molecule has 17 heavy (non-hydrogen) atoms. The summed E-state index contributed by atoms with van der Waals surface area (Å²) >= 11 is 7.47. The molecule has 3 rings (SSSR count). The lowest BCUT2D eigenvalue weighted by Crippen LogP contribution is -1.95. The molecule has 86 valence electrons. The van der Waals surface area contributed by atoms with Crippen LogP contribution in [0.3, 0.4) is 0 Å². The number of imidazole rings is 1. The molecule has 0 atom stereocenters. The standard InChI is InChI=1S/C11H9ClN4S/c12-8-3-1-2-7(4-8)10-15-16-6-9(5-13)14-11(16)17-10/h1-4,6H,5,13H2. The average molecular weight is 265 g/mol. The van der Waals surface area contributed by atoms with E-state index in [0.717, 1.165) is 21.2 Å². The Morgan fingerprint density at radius 1 is 1.41 bits per heavy atom. The van der Waals surface area contributed by atoms with E-state index in [1.165, 1.54) is 11.3 Å². The van der Waals surface area contributed by atoms with Crippen molar-refractivity contribution < 1.29 is 0 Å². The largest absolute Gasteiger partial charge is 0.325 e. The van der Waals surface area contributed by atoms with Crippen LogP contribution < -0.4 is 5.73 Å². The number of benzene rings is 1. The number of nitrogens with two attached hydrogens (primary N) is 1. The molecule has 0 aliphatic rings. The van der Waals surface area contributed by atoms with Gasteiger partial charge in [0.15, 0.2) is 0 Å². The van der Waals surface area contributed by atoms with Gasteiger partial charge in [-0.1, -0.05) is 35.1 Å². The summed E-state index contributed by atoms with van der Waals surface area (Å²) in [5.74, 6) is 0. The zero-order chi connectivity index (χ0) is 11.8. The molecule has 0 unspecified atom stereocenters. The van der Waals surface area contributed by atoms with Crippen molar-refractivity contribution in [1.82, 2.24) is 14.6 Å². The lowest BCUT2D eigenvalue weighted by molar-refractivity contribution is 0.959. The highest BCUT2D eigenvalue weighted by Crippen LogP contribution is 2.27. The highest BCUT2D eigenvalue weighted by atomic mass is 35.5. The third kappa shape index (κ3) is 1.93. The fourth-order valence-corrected chi connectivity index (χ4v) is 2.67. The normalized spacial score (nSPS) is 11.2. The van der Waals surface area contributed by atoms with Crippen molar-refractivity contribution >= 4 is 27.9 Å². The summed E-state index contributed by atoms with van der Waals surface area (Å²) in [6, 6.07) is 7.63. The van der Waals surface area contributed by atoms with E-state index < -0.39 is 0 Å². The van der Waals surface area contributed by atoms with E-state index in [1.54, 1.807) is 4.52 Å². The fourth-order valence-electron chi connectivity index (χ4n) is 1.58. The first kappa shape index (κ1) is 10.7. The van der Waals surface area contributed by atoms with Gasteiger partial charge in [-0.2, -0.15) is 5.10 Å². The van der Waals surface area contributed by atoms with Crippen LogP contribution in [-0.2, 0) is 6.54 Å². The first-order chi connectivity index (χ1) is 8.26. The minimum atomic E-state index is 0.433. The minimum absolute atomic E-state index is 0.433. The van der Waals surface area contributed by atoms with Gasteiger partial charge in [-0.15, -0.1) is 0 Å². The Labute approximate surface area is 107 Å². The van der Waals surface area contributed by atoms with Crippen molar-refractivity contribution in [3.8, 4) is 10.6 Å². The van der Waals surface area contributed by atoms with E-state index in [4.69, 9.17) is 17.3 Å². The first-order valence-electron chi connectivity index (χ1n) is 5.07. The SMILES string of the molecule is NCc1cn2nc(-c3cccc(Cl)c3)sc2n1. The van der Waals surface area contributed by atoms with Gasteiger partial charge in [-0.05, 0) is 12.1 Å². The second kappa shape index (κ2) is 4.10. The summed E-state index contributed by atoms with van der Waals surface area (Å²) in [7, 11) is 0. The zero-order valence-electron chi connectivity index (χ0n) is 8.80. The monoisotopic (exact) mass is 264 g/mol. The maximum Gasteiger partial charge on any atom is 0.212 e. The van der Waals surface area contributed by atoms with Gasteiger partial charge in [-0.3, -0.25) is 0 Å². The molecule has 4 nitrogen and oxygen atoms in total. The minimum Gasteiger partial charge on any atom is -0.325 e. The van der Waals surface area contributed by atoms with Crippen LogP contribution >= 0.6 is 22.9 Å². The second-order valence-corrected chi connectivity index (χ2v) is 4.97. The summed E-state index contributed by atoms with van der Waals surface area (Å²) in [4.78, 5) is 5.21. The summed E-state index contributed by atoms with van der Waals surface area (Å²) in [5.41, 5.74) is 7.38. The van der Waals surface area contributed by atoms with Gasteiger partial charge in [0, 0.05) is 17.1 Å². The molecule has 0 radical (unpaired) electrons. The number of nitrogens with zero attached hydrogens (tertiary/aromatic N) is 3. The van der Waals surface area contributed by atoms with Crippen molar-refractivity contribution in [2.75, 3.05) is 0 Å². The van der Waals surface area contributed by atoms with Crippen molar-refractivity contribution in [3.05, 3.63) is 41.2 Å². The Morgan fingerprint density at radius 3 is 3.00 bits per heavy atom. The number of fused-ring (bicyclic) bond motifs is 1. The topological polar surface area (TPSA) is 56.2 Å². The number of halogens is 1. The summed E-state index contributed by atoms with van der Waals surface area (Å²) in [5, 5.41) is 6.06. The van der Waals surface area contributed by atoms with Crippen LogP contribution in [0.15, 0.2) is 30.5 Å². The highest BCUT2D eigenvalue weighted by Gasteiger charge is 2.09. The molecule has 1 aromatic carbocycles. The Balaban J connectivity index is 2.09. The Morgan fingerprint density at radius 2 is 2.29 bits per heavy atom. The van der Waals surface area contributed by atoms with Crippen LogP contribution in [-0.4, -0.2) is 14.6 Å². The number of aromatic nitrogens is 3. The van der Waals surface area contributed by atoms with Crippen molar-refractivity contribution in [1.29, 1.82) is 0 Å². The number of rotatable bonds is 2. The number of hydrogen-bond acceptors (Lipinski definition) is 4. The lowest BCUT2D eigenvalue weighted by Gasteiger charge is -1.95. The van der Waals surface area contributed by atoms with E-state index in [9.17, 15) is 0 Å². The van der Waals surface area contributed by atoms with Crippen LogP contribution in [0.2, 0.25) is 5.02 Å². The van der Waals surface area contributed by atoms with Gasteiger partial charge in [0.2, 0.25) is 4.96 Å². The highest BCUT2D eigenvalue weighted by molar-refractivity contribution is 7.19. The molecule has 0 aliphatic carbocycles. The van der Waals surface area contributed by atoms with Crippen LogP contribution in [0.25, 0.3) is 15.5 Å². The third-order valence-electron chi connectivity index (χ3n) is 2.37. The van der Waals surface area contributed by atoms with E-state index in [0.29, 0.717) is 11.6 Å². The van der Waals surface area contributed by atoms with Crippen molar-refractivity contribution in [3.63, 3.8) is 0 Å². The van der Waals surface area contributed by atoms with Crippen LogP contribution in [0, 0.1) is 0 Å². The number of hydrogen-bond donors (Lipinski definition) is 1. The van der Waals surface area contributed by atoms with E-state index in [1.807, 2.05) is 30.5 Å². The van der Waals surface area contributed by atoms with Crippen LogP contribution in [0.4, 0.5) is 0 Å². The average Bonchev–Trinajstić information content (AvgIpc) is 2.86. The zero-order valence-corrected chi connectivity index (χ0v) is 10.4. The quantitative estimate of drug-likeness (QED) is 0.774. The Kier molecular flexibility index (Phi) is 2.58. The molecule has 0 amide bonds. The predicted molar refractivity (Wildman–Crippen MR) is 69.2 cm³/mol. The molecule has 0 aliphatic heterocycles. The second-order valence-electron chi connectivity index (χ2n) is 3.58. The van der Waals surface area contributed by atoms with Crippen LogP contribution in [0.5, 0.6) is 0 Å². The molecule has 0 saturated heterocycles. The molecule has 3 aromatic rings. The molecule has 2 heterocycles. The van der Waals surface area contributed by atoms with Gasteiger partial charge in [0.1, 0.15) is 5.01 Å². The molecular weight excluding hydrogens is 256 g/mol. The molecule has 0 fully saturated rings. The van der Waals surface area contributed by atoms with Gasteiger partial charge in [0.25, 0.3) is 0 Å². The third-order valence-corrected chi connectivity index (χ3v) is 3.58. The smallest absolute Gasteiger partial charge is 0.212 e. The Hall–Kier alpha value is -1.43. The molecule has 0 bridgehead atoms. The Bertz CT molecular complexity index is 641. The lowest BCUT2D eigenvalue weighted by atomic mass is 10.2. The molecule has 6 heteroatoms. The van der Waals surface area contributed by atoms with Gasteiger partial charge < -0.3 is 5.73 Å². The van der Waals surface area contributed by atoms with Gasteiger partial charge in [-0.25, -0.2) is 9.50 Å². The maximum atomic E-state index is 5.95. The summed E-state index contributed by atoms with van der Waals surface area (Å²) in [6.45, 7) is 0.433. The molecule has 0 spiro atoms. The predicted octanol–water partition coefficient (Wildman–Crippen LogP) is 2.57.